The van der Waals surface area contributed by atoms with Gasteiger partial charge in [0.05, 0.1) is 0 Å². The molecule has 0 spiro atoms. The molecule has 1 fully saturated rings. The van der Waals surface area contributed by atoms with Crippen molar-refractivity contribution < 1.29 is 13.3 Å². The van der Waals surface area contributed by atoms with E-state index in [-0.39, 0.29) is 17.5 Å². The molecular weight excluding hydrogens is 266 g/mol. The van der Waals surface area contributed by atoms with Gasteiger partial charge in [-0.15, -0.1) is 0 Å². The van der Waals surface area contributed by atoms with Crippen LogP contribution in [0.15, 0.2) is 33.6 Å². The van der Waals surface area contributed by atoms with E-state index in [1.165, 1.54) is 12.1 Å². The first-order chi connectivity index (χ1) is 9.63. The fraction of sp³-hybridized carbons (Fsp3) is 0.357. The summed E-state index contributed by atoms with van der Waals surface area (Å²) in [6.45, 7) is 0.725. The Balaban J connectivity index is 1.81. The molecule has 0 saturated carbocycles. The molecule has 1 aromatic carbocycles. The summed E-state index contributed by atoms with van der Waals surface area (Å²) in [7, 11) is 0. The van der Waals surface area contributed by atoms with E-state index in [0.29, 0.717) is 17.7 Å². The predicted octanol–water partition coefficient (Wildman–Crippen LogP) is 2.45. The first-order valence-corrected chi connectivity index (χ1v) is 6.50. The maximum atomic E-state index is 13.3. The van der Waals surface area contributed by atoms with Gasteiger partial charge in [-0.2, -0.15) is 5.16 Å². The van der Waals surface area contributed by atoms with E-state index in [1.807, 2.05) is 0 Å². The van der Waals surface area contributed by atoms with Crippen LogP contribution in [-0.2, 0) is 0 Å². The molecule has 3 rings (SSSR count). The number of hydrogen-bond acceptors (Lipinski definition) is 3. The van der Waals surface area contributed by atoms with Crippen LogP contribution in [0.2, 0.25) is 0 Å². The van der Waals surface area contributed by atoms with Crippen molar-refractivity contribution in [3.05, 3.63) is 57.6 Å². The molecule has 2 heterocycles. The molecule has 2 unspecified atom stereocenters. The van der Waals surface area contributed by atoms with Crippen molar-refractivity contribution in [1.82, 2.24) is 10.5 Å². The molecule has 1 aliphatic heterocycles. The van der Waals surface area contributed by atoms with Crippen LogP contribution >= 0.6 is 0 Å². The van der Waals surface area contributed by atoms with Crippen molar-refractivity contribution in [2.24, 2.45) is 0 Å². The van der Waals surface area contributed by atoms with E-state index < -0.39 is 11.6 Å². The molecule has 4 nitrogen and oxygen atoms in total. The van der Waals surface area contributed by atoms with Gasteiger partial charge < -0.3 is 9.84 Å². The largest absolute Gasteiger partial charge is 0.383 e. The first kappa shape index (κ1) is 13.1. The Morgan fingerprint density at radius 1 is 1.20 bits per heavy atom. The molecule has 0 radical (unpaired) electrons. The zero-order chi connectivity index (χ0) is 14.1. The van der Waals surface area contributed by atoms with Gasteiger partial charge in [0.2, 0.25) is 0 Å². The third-order valence-electron chi connectivity index (χ3n) is 3.69. The Kier molecular flexibility index (Phi) is 3.40. The number of hydrogen-bond donors (Lipinski definition) is 2. The van der Waals surface area contributed by atoms with Gasteiger partial charge in [0.1, 0.15) is 5.76 Å². The highest BCUT2D eigenvalue weighted by molar-refractivity contribution is 5.23. The summed E-state index contributed by atoms with van der Waals surface area (Å²) < 4.78 is 31.4. The van der Waals surface area contributed by atoms with E-state index >= 15 is 0 Å². The van der Waals surface area contributed by atoms with Crippen LogP contribution in [0.5, 0.6) is 0 Å². The first-order valence-electron chi connectivity index (χ1n) is 6.50. The second-order valence-electron chi connectivity index (χ2n) is 5.02. The van der Waals surface area contributed by atoms with Crippen LogP contribution in [0.1, 0.15) is 36.1 Å². The third-order valence-corrected chi connectivity index (χ3v) is 3.69. The van der Waals surface area contributed by atoms with Gasteiger partial charge in [-0.05, 0) is 37.1 Å². The maximum Gasteiger partial charge on any atom is 0.280 e. The number of nitrogens with one attached hydrogen (secondary N) is 2. The predicted molar refractivity (Wildman–Crippen MR) is 68.4 cm³/mol. The fourth-order valence-electron chi connectivity index (χ4n) is 2.66. The Hall–Kier alpha value is -1.95. The van der Waals surface area contributed by atoms with Gasteiger partial charge >= 0.3 is 0 Å². The molecule has 20 heavy (non-hydrogen) atoms. The average molecular weight is 280 g/mol. The summed E-state index contributed by atoms with van der Waals surface area (Å²) in [6, 6.07) is 5.28. The number of H-pyrrole nitrogens is 1. The highest BCUT2D eigenvalue weighted by Gasteiger charge is 2.26. The Labute approximate surface area is 113 Å². The Morgan fingerprint density at radius 3 is 2.75 bits per heavy atom. The highest BCUT2D eigenvalue weighted by atomic mass is 19.2. The zero-order valence-electron chi connectivity index (χ0n) is 10.7. The van der Waals surface area contributed by atoms with E-state index in [9.17, 15) is 13.6 Å². The lowest BCUT2D eigenvalue weighted by atomic mass is 9.87. The molecular formula is C14H14F2N2O2. The van der Waals surface area contributed by atoms with Gasteiger partial charge in [0.15, 0.2) is 11.6 Å². The van der Waals surface area contributed by atoms with Gasteiger partial charge in [-0.3, -0.25) is 4.79 Å². The molecule has 0 bridgehead atoms. The standard InChI is InChI=1S/C14H14F2N2O2/c15-10-2-1-8(5-11(10)16)12-6-9(3-4-17-12)13-7-14(19)18-20-13/h1-2,5,7,9,12,17H,3-4,6H2,(H,18,19). The summed E-state index contributed by atoms with van der Waals surface area (Å²) in [5.41, 5.74) is 0.439. The quantitative estimate of drug-likeness (QED) is 0.888. The molecule has 1 saturated heterocycles. The Bertz CT molecular complexity index is 665. The minimum Gasteiger partial charge on any atom is -0.383 e. The van der Waals surface area contributed by atoms with Crippen LogP contribution in [0.25, 0.3) is 0 Å². The van der Waals surface area contributed by atoms with Crippen LogP contribution < -0.4 is 10.9 Å². The SMILES string of the molecule is O=c1cc(C2CCNC(c3ccc(F)c(F)c3)C2)o[nH]1. The monoisotopic (exact) mass is 280 g/mol. The number of aromatic nitrogens is 1. The Morgan fingerprint density at radius 2 is 2.05 bits per heavy atom. The van der Waals surface area contributed by atoms with Crippen molar-refractivity contribution in [3.63, 3.8) is 0 Å². The number of halogens is 2. The van der Waals surface area contributed by atoms with E-state index in [0.717, 1.165) is 19.0 Å². The van der Waals surface area contributed by atoms with Crippen LogP contribution in [-0.4, -0.2) is 11.7 Å². The number of benzene rings is 1. The lowest BCUT2D eigenvalue weighted by Crippen LogP contribution is -2.31. The van der Waals surface area contributed by atoms with Gasteiger partial charge in [0, 0.05) is 18.0 Å². The van der Waals surface area contributed by atoms with Crippen LogP contribution in [0.3, 0.4) is 0 Å². The van der Waals surface area contributed by atoms with E-state index in [4.69, 9.17) is 4.52 Å². The van der Waals surface area contributed by atoms with Crippen molar-refractivity contribution in [2.75, 3.05) is 6.54 Å². The van der Waals surface area contributed by atoms with Gasteiger partial charge in [-0.1, -0.05) is 6.07 Å². The summed E-state index contributed by atoms with van der Waals surface area (Å²) in [6.07, 6.45) is 1.51. The van der Waals surface area contributed by atoms with Gasteiger partial charge in [-0.25, -0.2) is 8.78 Å². The second kappa shape index (κ2) is 5.20. The molecule has 2 atom stereocenters. The van der Waals surface area contributed by atoms with E-state index in [1.54, 1.807) is 6.07 Å². The molecule has 106 valence electrons. The minimum absolute atomic E-state index is 0.0796. The van der Waals surface area contributed by atoms with Crippen molar-refractivity contribution in [1.29, 1.82) is 0 Å². The summed E-state index contributed by atoms with van der Waals surface area (Å²) in [5, 5.41) is 5.55. The number of aromatic amines is 1. The molecule has 0 aliphatic carbocycles. The van der Waals surface area contributed by atoms with Crippen molar-refractivity contribution in [2.45, 2.75) is 24.8 Å². The smallest absolute Gasteiger partial charge is 0.280 e. The molecule has 1 aromatic heterocycles. The molecule has 6 heteroatoms. The maximum absolute atomic E-state index is 13.3. The van der Waals surface area contributed by atoms with E-state index in [2.05, 4.69) is 10.5 Å². The molecule has 2 N–H and O–H groups in total. The van der Waals surface area contributed by atoms with Crippen LogP contribution in [0, 0.1) is 11.6 Å². The topological polar surface area (TPSA) is 58.0 Å². The molecule has 1 aliphatic rings. The summed E-state index contributed by atoms with van der Waals surface area (Å²) >= 11 is 0. The summed E-state index contributed by atoms with van der Waals surface area (Å²) in [5.74, 6) is -0.991. The van der Waals surface area contributed by atoms with Crippen molar-refractivity contribution in [3.8, 4) is 0 Å². The number of rotatable bonds is 2. The minimum atomic E-state index is -0.849. The fourth-order valence-corrected chi connectivity index (χ4v) is 2.66. The second-order valence-corrected chi connectivity index (χ2v) is 5.02. The lowest BCUT2D eigenvalue weighted by molar-refractivity contribution is 0.295. The zero-order valence-corrected chi connectivity index (χ0v) is 10.7. The number of piperidine rings is 1. The molecule has 2 aromatic rings. The van der Waals surface area contributed by atoms with Crippen molar-refractivity contribution >= 4 is 0 Å². The molecule has 0 amide bonds. The average Bonchev–Trinajstić information content (AvgIpc) is 2.89. The highest BCUT2D eigenvalue weighted by Crippen LogP contribution is 2.33. The van der Waals surface area contributed by atoms with Crippen LogP contribution in [0.4, 0.5) is 8.78 Å². The van der Waals surface area contributed by atoms with Gasteiger partial charge in [0.25, 0.3) is 5.56 Å². The normalized spacial score (nSPS) is 22.9. The third kappa shape index (κ3) is 2.51. The summed E-state index contributed by atoms with van der Waals surface area (Å²) in [4.78, 5) is 11.1. The lowest BCUT2D eigenvalue weighted by Gasteiger charge is -2.29.